The van der Waals surface area contributed by atoms with Gasteiger partial charge in [0.05, 0.1) is 0 Å². The van der Waals surface area contributed by atoms with E-state index in [2.05, 4.69) is 35.5 Å². The van der Waals surface area contributed by atoms with Gasteiger partial charge in [-0.15, -0.1) is 11.3 Å². The summed E-state index contributed by atoms with van der Waals surface area (Å²) in [5.74, 6) is 0. The number of rotatable bonds is 6. The molecule has 1 aliphatic rings. The quantitative estimate of drug-likeness (QED) is 0.783. The maximum absolute atomic E-state index is 3.56. The Balaban J connectivity index is 1.88. The molecule has 1 N–H and O–H groups in total. The smallest absolute Gasteiger partial charge is 0.0248 e. The van der Waals surface area contributed by atoms with E-state index in [-0.39, 0.29) is 0 Å². The number of nitrogens with one attached hydrogen (secondary N) is 1. The third kappa shape index (κ3) is 3.30. The second-order valence-electron chi connectivity index (χ2n) is 4.86. The van der Waals surface area contributed by atoms with Crippen molar-refractivity contribution in [3.8, 4) is 0 Å². The summed E-state index contributed by atoms with van der Waals surface area (Å²) in [5.41, 5.74) is 1.56. The van der Waals surface area contributed by atoms with E-state index in [0.29, 0.717) is 6.04 Å². The Bertz CT molecular complexity index is 335. The van der Waals surface area contributed by atoms with Crippen molar-refractivity contribution in [3.05, 3.63) is 21.9 Å². The Kier molecular flexibility index (Phi) is 5.01. The molecule has 0 fully saturated rings. The maximum Gasteiger partial charge on any atom is 0.0248 e. The molecule has 0 aliphatic carbocycles. The van der Waals surface area contributed by atoms with Crippen molar-refractivity contribution in [2.75, 3.05) is 19.6 Å². The van der Waals surface area contributed by atoms with Crippen molar-refractivity contribution in [1.82, 2.24) is 10.2 Å². The summed E-state index contributed by atoms with van der Waals surface area (Å²) in [6.45, 7) is 9.22. The van der Waals surface area contributed by atoms with E-state index < -0.39 is 0 Å². The van der Waals surface area contributed by atoms with Gasteiger partial charge in [0, 0.05) is 30.6 Å². The number of nitrogens with zero attached hydrogens (tertiary/aromatic N) is 1. The molecule has 0 radical (unpaired) electrons. The summed E-state index contributed by atoms with van der Waals surface area (Å²) in [4.78, 5) is 4.26. The van der Waals surface area contributed by atoms with Crippen molar-refractivity contribution in [3.63, 3.8) is 0 Å². The van der Waals surface area contributed by atoms with Crippen molar-refractivity contribution in [2.24, 2.45) is 0 Å². The van der Waals surface area contributed by atoms with Crippen LogP contribution in [0, 0.1) is 0 Å². The normalized spacial score (nSPS) is 18.0. The highest BCUT2D eigenvalue weighted by Gasteiger charge is 2.22. The first-order chi connectivity index (χ1) is 8.35. The van der Waals surface area contributed by atoms with Gasteiger partial charge in [0.2, 0.25) is 0 Å². The number of hydrogen-bond acceptors (Lipinski definition) is 3. The van der Waals surface area contributed by atoms with E-state index in [1.807, 2.05) is 11.3 Å². The Morgan fingerprint density at radius 2 is 2.35 bits per heavy atom. The highest BCUT2D eigenvalue weighted by Crippen LogP contribution is 2.25. The lowest BCUT2D eigenvalue weighted by atomic mass is 10.1. The molecule has 17 heavy (non-hydrogen) atoms. The van der Waals surface area contributed by atoms with E-state index in [0.717, 1.165) is 19.6 Å². The molecule has 0 amide bonds. The molecule has 96 valence electrons. The first-order valence-corrected chi connectivity index (χ1v) is 7.73. The Labute approximate surface area is 109 Å². The summed E-state index contributed by atoms with van der Waals surface area (Å²) >= 11 is 1.93. The molecule has 1 atom stereocenters. The van der Waals surface area contributed by atoms with Gasteiger partial charge in [-0.1, -0.05) is 13.8 Å². The molecule has 0 saturated carbocycles. The molecule has 0 aromatic carbocycles. The molecule has 2 nitrogen and oxygen atoms in total. The van der Waals surface area contributed by atoms with E-state index in [1.54, 1.807) is 10.4 Å². The maximum atomic E-state index is 3.56. The van der Waals surface area contributed by atoms with E-state index in [4.69, 9.17) is 0 Å². The number of thiophene rings is 1. The summed E-state index contributed by atoms with van der Waals surface area (Å²) in [6.07, 6.45) is 3.72. The van der Waals surface area contributed by atoms with Crippen LogP contribution >= 0.6 is 11.3 Å². The van der Waals surface area contributed by atoms with E-state index >= 15 is 0 Å². The summed E-state index contributed by atoms with van der Waals surface area (Å²) in [7, 11) is 0. The molecule has 1 aromatic rings. The third-order valence-corrected chi connectivity index (χ3v) is 4.65. The third-order valence-electron chi connectivity index (χ3n) is 3.63. The van der Waals surface area contributed by atoms with Gasteiger partial charge >= 0.3 is 0 Å². The fourth-order valence-corrected chi connectivity index (χ4v) is 3.45. The molecule has 2 rings (SSSR count). The van der Waals surface area contributed by atoms with Gasteiger partial charge < -0.3 is 5.32 Å². The minimum absolute atomic E-state index is 0.703. The van der Waals surface area contributed by atoms with Crippen LogP contribution in [0.15, 0.2) is 11.4 Å². The Hall–Kier alpha value is -0.380. The predicted octanol–water partition coefficient (Wildman–Crippen LogP) is 2.88. The molecule has 0 bridgehead atoms. The molecule has 0 spiro atoms. The van der Waals surface area contributed by atoms with Gasteiger partial charge in [0.1, 0.15) is 0 Å². The van der Waals surface area contributed by atoms with Gasteiger partial charge in [-0.3, -0.25) is 4.90 Å². The van der Waals surface area contributed by atoms with Crippen LogP contribution in [-0.4, -0.2) is 30.6 Å². The van der Waals surface area contributed by atoms with Crippen LogP contribution in [0.3, 0.4) is 0 Å². The summed E-state index contributed by atoms with van der Waals surface area (Å²) in [6, 6.07) is 3.01. The van der Waals surface area contributed by atoms with Crippen molar-refractivity contribution in [2.45, 2.75) is 45.7 Å². The van der Waals surface area contributed by atoms with Gasteiger partial charge in [-0.2, -0.15) is 0 Å². The fraction of sp³-hybridized carbons (Fsp3) is 0.714. The Morgan fingerprint density at radius 3 is 3.12 bits per heavy atom. The van der Waals surface area contributed by atoms with Crippen LogP contribution in [0.4, 0.5) is 0 Å². The Morgan fingerprint density at radius 1 is 1.47 bits per heavy atom. The zero-order valence-corrected chi connectivity index (χ0v) is 11.9. The fourth-order valence-electron chi connectivity index (χ4n) is 2.56. The summed E-state index contributed by atoms with van der Waals surface area (Å²) in [5, 5.41) is 5.80. The van der Waals surface area contributed by atoms with Gasteiger partial charge in [0.15, 0.2) is 0 Å². The van der Waals surface area contributed by atoms with Crippen LogP contribution in [-0.2, 0) is 13.0 Å². The zero-order chi connectivity index (χ0) is 12.1. The largest absolute Gasteiger partial charge is 0.315 e. The van der Waals surface area contributed by atoms with Crippen LogP contribution in [0.5, 0.6) is 0 Å². The second-order valence-corrected chi connectivity index (χ2v) is 5.86. The second kappa shape index (κ2) is 6.53. The number of hydrogen-bond donors (Lipinski definition) is 1. The lowest BCUT2D eigenvalue weighted by molar-refractivity contribution is 0.171. The van der Waals surface area contributed by atoms with Crippen molar-refractivity contribution >= 4 is 11.3 Å². The van der Waals surface area contributed by atoms with E-state index in [1.165, 1.54) is 25.8 Å². The van der Waals surface area contributed by atoms with Crippen LogP contribution < -0.4 is 5.32 Å². The summed E-state index contributed by atoms with van der Waals surface area (Å²) < 4.78 is 0. The van der Waals surface area contributed by atoms with Crippen LogP contribution in [0.1, 0.15) is 37.1 Å². The predicted molar refractivity (Wildman–Crippen MR) is 75.7 cm³/mol. The van der Waals surface area contributed by atoms with Gasteiger partial charge in [0.25, 0.3) is 0 Å². The topological polar surface area (TPSA) is 15.3 Å². The molecular formula is C14H24N2S. The van der Waals surface area contributed by atoms with E-state index in [9.17, 15) is 0 Å². The average molecular weight is 252 g/mol. The molecule has 3 heteroatoms. The van der Waals surface area contributed by atoms with Crippen molar-refractivity contribution in [1.29, 1.82) is 0 Å². The molecule has 2 heterocycles. The lowest BCUT2D eigenvalue weighted by Gasteiger charge is -2.34. The monoisotopic (exact) mass is 252 g/mol. The zero-order valence-electron chi connectivity index (χ0n) is 11.0. The first kappa shape index (κ1) is 13.1. The molecule has 1 unspecified atom stereocenters. The van der Waals surface area contributed by atoms with Gasteiger partial charge in [-0.05, 0) is 42.8 Å². The molecule has 1 aromatic heterocycles. The highest BCUT2D eigenvalue weighted by atomic mass is 32.1. The molecule has 0 saturated heterocycles. The van der Waals surface area contributed by atoms with Gasteiger partial charge in [-0.25, -0.2) is 0 Å². The molecule has 1 aliphatic heterocycles. The van der Waals surface area contributed by atoms with Crippen LogP contribution in [0.2, 0.25) is 0 Å². The highest BCUT2D eigenvalue weighted by molar-refractivity contribution is 7.10. The lowest BCUT2D eigenvalue weighted by Crippen LogP contribution is -2.44. The average Bonchev–Trinajstić information content (AvgIpc) is 2.82. The van der Waals surface area contributed by atoms with Crippen LogP contribution in [0.25, 0.3) is 0 Å². The number of fused-ring (bicyclic) bond motifs is 1. The minimum atomic E-state index is 0.703. The van der Waals surface area contributed by atoms with Crippen molar-refractivity contribution < 1.29 is 0 Å². The first-order valence-electron chi connectivity index (χ1n) is 6.85. The SMILES string of the molecule is CCCNCC(CC)N1CCc2sccc2C1. The minimum Gasteiger partial charge on any atom is -0.315 e. The standard InChI is InChI=1S/C14H24N2S/c1-3-7-15-10-13(4-2)16-8-5-14-12(11-16)6-9-17-14/h6,9,13,15H,3-5,7-8,10-11H2,1-2H3. The molecular weight excluding hydrogens is 228 g/mol.